The van der Waals surface area contributed by atoms with Gasteiger partial charge in [-0.2, -0.15) is 0 Å². The second-order valence-electron chi connectivity index (χ2n) is 6.47. The van der Waals surface area contributed by atoms with Gasteiger partial charge in [-0.15, -0.1) is 0 Å². The molecule has 0 bridgehead atoms. The van der Waals surface area contributed by atoms with E-state index in [4.69, 9.17) is 10.7 Å². The molecule has 0 aliphatic heterocycles. The lowest BCUT2D eigenvalue weighted by molar-refractivity contribution is 0.457. The molecule has 114 valence electrons. The summed E-state index contributed by atoms with van der Waals surface area (Å²) in [7, 11) is 0. The first-order valence-electron chi connectivity index (χ1n) is 8.52. The van der Waals surface area contributed by atoms with Crippen LogP contribution in [0.15, 0.2) is 18.2 Å². The van der Waals surface area contributed by atoms with Crippen molar-refractivity contribution in [3.05, 3.63) is 24.0 Å². The van der Waals surface area contributed by atoms with E-state index in [1.165, 1.54) is 49.9 Å². The van der Waals surface area contributed by atoms with Crippen LogP contribution in [0.1, 0.15) is 57.7 Å². The molecular weight excluding hydrogens is 258 g/mol. The first-order valence-corrected chi connectivity index (χ1v) is 8.52. The van der Waals surface area contributed by atoms with Crippen LogP contribution in [0, 0.1) is 5.92 Å². The fourth-order valence-corrected chi connectivity index (χ4v) is 3.70. The predicted molar refractivity (Wildman–Crippen MR) is 89.3 cm³/mol. The highest BCUT2D eigenvalue weighted by Gasteiger charge is 2.15. The van der Waals surface area contributed by atoms with Gasteiger partial charge in [0.15, 0.2) is 0 Å². The molecule has 0 radical (unpaired) electrons. The first kappa shape index (κ1) is 14.4. The average molecular weight is 285 g/mol. The highest BCUT2D eigenvalue weighted by Crippen LogP contribution is 2.29. The molecule has 3 rings (SSSR count). The molecule has 3 heteroatoms. The van der Waals surface area contributed by atoms with E-state index in [9.17, 15) is 0 Å². The largest absolute Gasteiger partial charge is 0.399 e. The number of fused-ring (bicyclic) bond motifs is 1. The number of hydrogen-bond donors (Lipinski definition) is 1. The van der Waals surface area contributed by atoms with Crippen LogP contribution in [0.3, 0.4) is 0 Å². The van der Waals surface area contributed by atoms with E-state index in [0.29, 0.717) is 0 Å². The van der Waals surface area contributed by atoms with Gasteiger partial charge in [-0.05, 0) is 43.4 Å². The molecule has 1 aromatic carbocycles. The monoisotopic (exact) mass is 285 g/mol. The van der Waals surface area contributed by atoms with Crippen molar-refractivity contribution >= 4 is 16.7 Å². The van der Waals surface area contributed by atoms with Crippen LogP contribution in [-0.4, -0.2) is 9.55 Å². The highest BCUT2D eigenvalue weighted by atomic mass is 15.1. The number of benzene rings is 1. The lowest BCUT2D eigenvalue weighted by atomic mass is 10.0. The molecule has 1 aliphatic carbocycles. The number of aromatic nitrogens is 2. The Hall–Kier alpha value is -1.51. The molecule has 1 fully saturated rings. The number of aryl methyl sites for hydroxylation is 2. The van der Waals surface area contributed by atoms with E-state index in [0.717, 1.165) is 36.5 Å². The summed E-state index contributed by atoms with van der Waals surface area (Å²) < 4.78 is 2.42. The van der Waals surface area contributed by atoms with Crippen molar-refractivity contribution < 1.29 is 0 Å². The highest BCUT2D eigenvalue weighted by molar-refractivity contribution is 5.79. The molecule has 1 aromatic heterocycles. The summed E-state index contributed by atoms with van der Waals surface area (Å²) in [6.45, 7) is 3.32. The van der Waals surface area contributed by atoms with Crippen LogP contribution in [0.25, 0.3) is 11.0 Å². The number of imidazole rings is 1. The van der Waals surface area contributed by atoms with Crippen molar-refractivity contribution in [3.8, 4) is 0 Å². The fourth-order valence-electron chi connectivity index (χ4n) is 3.70. The number of anilines is 1. The van der Waals surface area contributed by atoms with E-state index < -0.39 is 0 Å². The Morgan fingerprint density at radius 2 is 2.10 bits per heavy atom. The molecule has 21 heavy (non-hydrogen) atoms. The maximum atomic E-state index is 5.89. The van der Waals surface area contributed by atoms with Crippen molar-refractivity contribution in [2.24, 2.45) is 5.92 Å². The zero-order chi connectivity index (χ0) is 14.7. The maximum Gasteiger partial charge on any atom is 0.109 e. The molecule has 3 nitrogen and oxygen atoms in total. The van der Waals surface area contributed by atoms with Crippen LogP contribution in [0.4, 0.5) is 5.69 Å². The first-order chi connectivity index (χ1) is 10.3. The quantitative estimate of drug-likeness (QED) is 0.792. The second-order valence-corrected chi connectivity index (χ2v) is 6.47. The van der Waals surface area contributed by atoms with Crippen LogP contribution < -0.4 is 5.73 Å². The summed E-state index contributed by atoms with van der Waals surface area (Å²) in [5, 5.41) is 0. The van der Waals surface area contributed by atoms with E-state index in [2.05, 4.69) is 17.6 Å². The molecule has 0 amide bonds. The third-order valence-corrected chi connectivity index (χ3v) is 4.79. The normalized spacial score (nSPS) is 16.0. The molecule has 2 aromatic rings. The van der Waals surface area contributed by atoms with Gasteiger partial charge in [-0.25, -0.2) is 4.98 Å². The standard InChI is InChI=1S/C18H27N3/c1-2-6-18-20-16-13-15(19)10-11-17(16)21(18)12-5-9-14-7-3-4-8-14/h10-11,13-14H,2-9,12,19H2,1H3. The van der Waals surface area contributed by atoms with Gasteiger partial charge in [0.05, 0.1) is 11.0 Å². The average Bonchev–Trinajstić information content (AvgIpc) is 3.08. The summed E-state index contributed by atoms with van der Waals surface area (Å²) in [4.78, 5) is 4.80. The minimum absolute atomic E-state index is 0.807. The van der Waals surface area contributed by atoms with Crippen molar-refractivity contribution in [2.75, 3.05) is 5.73 Å². The lowest BCUT2D eigenvalue weighted by Crippen LogP contribution is -2.05. The smallest absolute Gasteiger partial charge is 0.109 e. The molecule has 1 aliphatic rings. The van der Waals surface area contributed by atoms with Gasteiger partial charge < -0.3 is 10.3 Å². The Balaban J connectivity index is 1.76. The van der Waals surface area contributed by atoms with Crippen molar-refractivity contribution in [2.45, 2.75) is 64.8 Å². The number of rotatable bonds is 6. The maximum absolute atomic E-state index is 5.89. The van der Waals surface area contributed by atoms with Crippen molar-refractivity contribution in [1.82, 2.24) is 9.55 Å². The summed E-state index contributed by atoms with van der Waals surface area (Å²) in [6.07, 6.45) is 10.6. The van der Waals surface area contributed by atoms with Crippen molar-refractivity contribution in [1.29, 1.82) is 0 Å². The second kappa shape index (κ2) is 6.50. The minimum Gasteiger partial charge on any atom is -0.399 e. The Bertz CT molecular complexity index is 594. The van der Waals surface area contributed by atoms with E-state index >= 15 is 0 Å². The molecule has 1 saturated carbocycles. The van der Waals surface area contributed by atoms with Gasteiger partial charge in [0.2, 0.25) is 0 Å². The molecule has 2 N–H and O–H groups in total. The fraction of sp³-hybridized carbons (Fsp3) is 0.611. The lowest BCUT2D eigenvalue weighted by Gasteiger charge is -2.12. The van der Waals surface area contributed by atoms with E-state index in [-0.39, 0.29) is 0 Å². The Kier molecular flexibility index (Phi) is 4.47. The van der Waals surface area contributed by atoms with Crippen molar-refractivity contribution in [3.63, 3.8) is 0 Å². The van der Waals surface area contributed by atoms with Crippen LogP contribution >= 0.6 is 0 Å². The molecule has 0 saturated heterocycles. The van der Waals surface area contributed by atoms with Crippen LogP contribution in [0.5, 0.6) is 0 Å². The summed E-state index contributed by atoms with van der Waals surface area (Å²) in [6, 6.07) is 6.13. The minimum atomic E-state index is 0.807. The topological polar surface area (TPSA) is 43.8 Å². The Labute approximate surface area is 127 Å². The van der Waals surface area contributed by atoms with Crippen LogP contribution in [-0.2, 0) is 13.0 Å². The zero-order valence-electron chi connectivity index (χ0n) is 13.1. The number of hydrogen-bond acceptors (Lipinski definition) is 2. The summed E-state index contributed by atoms with van der Waals surface area (Å²) in [5.41, 5.74) is 9.00. The predicted octanol–water partition coefficient (Wildman–Crippen LogP) is 4.54. The van der Waals surface area contributed by atoms with E-state index in [1.807, 2.05) is 12.1 Å². The third kappa shape index (κ3) is 3.22. The SMILES string of the molecule is CCCc1nc2cc(N)ccc2n1CCCC1CCCC1. The Morgan fingerprint density at radius 3 is 2.86 bits per heavy atom. The molecule has 0 atom stereocenters. The number of nitrogens with two attached hydrogens (primary N) is 1. The third-order valence-electron chi connectivity index (χ3n) is 4.79. The number of nitrogens with zero attached hydrogens (tertiary/aromatic N) is 2. The van der Waals surface area contributed by atoms with E-state index in [1.54, 1.807) is 0 Å². The van der Waals surface area contributed by atoms with Gasteiger partial charge in [0, 0.05) is 18.7 Å². The van der Waals surface area contributed by atoms with Gasteiger partial charge >= 0.3 is 0 Å². The summed E-state index contributed by atoms with van der Waals surface area (Å²) in [5.74, 6) is 2.20. The van der Waals surface area contributed by atoms with Crippen LogP contribution in [0.2, 0.25) is 0 Å². The molecule has 1 heterocycles. The Morgan fingerprint density at radius 1 is 1.29 bits per heavy atom. The van der Waals surface area contributed by atoms with Gasteiger partial charge in [0.25, 0.3) is 0 Å². The van der Waals surface area contributed by atoms with Gasteiger partial charge in [0.1, 0.15) is 5.82 Å². The number of nitrogen functional groups attached to an aromatic ring is 1. The van der Waals surface area contributed by atoms with Gasteiger partial charge in [-0.3, -0.25) is 0 Å². The van der Waals surface area contributed by atoms with Gasteiger partial charge in [-0.1, -0.05) is 32.6 Å². The zero-order valence-corrected chi connectivity index (χ0v) is 13.1. The summed E-state index contributed by atoms with van der Waals surface area (Å²) >= 11 is 0. The molecular formula is C18H27N3. The molecule has 0 spiro atoms. The molecule has 0 unspecified atom stereocenters.